The van der Waals surface area contributed by atoms with E-state index in [1.54, 1.807) is 6.20 Å². The van der Waals surface area contributed by atoms with E-state index in [1.807, 2.05) is 24.3 Å². The van der Waals surface area contributed by atoms with Gasteiger partial charge < -0.3 is 24.6 Å². The molecule has 2 aliphatic heterocycles. The number of fused-ring (bicyclic) bond motifs is 2. The summed E-state index contributed by atoms with van der Waals surface area (Å²) in [6, 6.07) is 7.79. The first-order chi connectivity index (χ1) is 13.5. The van der Waals surface area contributed by atoms with Crippen molar-refractivity contribution in [2.45, 2.75) is 24.4 Å². The molecule has 0 saturated carbocycles. The van der Waals surface area contributed by atoms with E-state index in [1.165, 1.54) is 0 Å². The monoisotopic (exact) mass is 396 g/mol. The lowest BCUT2D eigenvalue weighted by molar-refractivity contribution is -0.769. The molecule has 0 amide bonds. The van der Waals surface area contributed by atoms with E-state index in [-0.39, 0.29) is 13.2 Å². The number of nitrogen functional groups attached to an aromatic ring is 1. The van der Waals surface area contributed by atoms with Gasteiger partial charge in [0.15, 0.2) is 18.0 Å². The molecule has 1 aromatic heterocycles. The smallest absolute Gasteiger partial charge is 0.294 e. The van der Waals surface area contributed by atoms with Gasteiger partial charge in [-0.05, 0) is 0 Å². The molecule has 4 atom stereocenters. The first kappa shape index (κ1) is 19.4. The predicted molar refractivity (Wildman–Crippen MR) is 90.6 cm³/mol. The van der Waals surface area contributed by atoms with Crippen molar-refractivity contribution >= 4 is 16.6 Å². The molecular formula is C14H16N6O8. The van der Waals surface area contributed by atoms with Gasteiger partial charge in [-0.3, -0.25) is 0 Å². The summed E-state index contributed by atoms with van der Waals surface area (Å²) < 4.78 is 10.2. The van der Waals surface area contributed by atoms with Crippen LogP contribution < -0.4 is 11.3 Å². The lowest BCUT2D eigenvalue weighted by atomic mass is 10.1. The zero-order valence-corrected chi connectivity index (χ0v) is 14.2. The van der Waals surface area contributed by atoms with E-state index >= 15 is 0 Å². The molecule has 2 saturated heterocycles. The Kier molecular flexibility index (Phi) is 5.93. The quantitative estimate of drug-likeness (QED) is 0.387. The number of hydrazine groups is 1. The third-order valence-corrected chi connectivity index (χ3v) is 4.11. The Hall–Kier alpha value is -3.36. The van der Waals surface area contributed by atoms with E-state index in [0.29, 0.717) is 5.82 Å². The van der Waals surface area contributed by atoms with E-state index in [2.05, 4.69) is 25.3 Å². The van der Waals surface area contributed by atoms with Crippen LogP contribution in [0.15, 0.2) is 30.5 Å². The van der Waals surface area contributed by atoms with Gasteiger partial charge in [0.05, 0.1) is 19.4 Å². The van der Waals surface area contributed by atoms with Crippen molar-refractivity contribution in [1.82, 2.24) is 10.2 Å². The summed E-state index contributed by atoms with van der Waals surface area (Å²) in [7, 11) is 0. The Morgan fingerprint density at radius 3 is 2.18 bits per heavy atom. The summed E-state index contributed by atoms with van der Waals surface area (Å²) >= 11 is 0. The van der Waals surface area contributed by atoms with Crippen molar-refractivity contribution in [3.63, 3.8) is 0 Å². The summed E-state index contributed by atoms with van der Waals surface area (Å²) in [6.07, 6.45) is -1.41. The summed E-state index contributed by atoms with van der Waals surface area (Å²) in [6.45, 7) is -0.0955. The van der Waals surface area contributed by atoms with Crippen LogP contribution in [-0.4, -0.2) is 58.0 Å². The number of nitrogens with two attached hydrogens (primary N) is 1. The van der Waals surface area contributed by atoms with Crippen LogP contribution >= 0.6 is 0 Å². The molecule has 4 rings (SSSR count). The average molecular weight is 396 g/mol. The largest absolute Gasteiger partial charge is 0.371 e. The molecule has 2 aromatic rings. The Balaban J connectivity index is 0.000000167. The number of anilines is 1. The van der Waals surface area contributed by atoms with E-state index < -0.39 is 34.6 Å². The number of aromatic nitrogens is 2. The van der Waals surface area contributed by atoms with Crippen LogP contribution in [0.2, 0.25) is 0 Å². The minimum absolute atomic E-state index is 0.0477. The van der Waals surface area contributed by atoms with Gasteiger partial charge in [-0.15, -0.1) is 25.3 Å². The summed E-state index contributed by atoms with van der Waals surface area (Å²) in [5.41, 5.74) is 2.50. The third kappa shape index (κ3) is 4.30. The molecule has 1 aromatic carbocycles. The lowest BCUT2D eigenvalue weighted by Crippen LogP contribution is -2.35. The first-order valence-electron chi connectivity index (χ1n) is 8.02. The van der Waals surface area contributed by atoms with Gasteiger partial charge in [0, 0.05) is 10.8 Å². The Bertz CT molecular complexity index is 818. The molecule has 3 N–H and O–H groups in total. The molecule has 2 fully saturated rings. The topological polar surface area (TPSA) is 187 Å². The van der Waals surface area contributed by atoms with Gasteiger partial charge in [0.1, 0.15) is 12.2 Å². The summed E-state index contributed by atoms with van der Waals surface area (Å²) in [4.78, 5) is 28.9. The second kappa shape index (κ2) is 8.55. The predicted octanol–water partition coefficient (Wildman–Crippen LogP) is -0.147. The number of ether oxygens (including phenoxy) is 2. The van der Waals surface area contributed by atoms with Crippen molar-refractivity contribution in [2.24, 2.45) is 5.84 Å². The Labute approximate surface area is 156 Å². The van der Waals surface area contributed by atoms with Crippen LogP contribution in [-0.2, 0) is 19.1 Å². The molecule has 150 valence electrons. The van der Waals surface area contributed by atoms with Crippen molar-refractivity contribution < 1.29 is 29.3 Å². The number of hydrogen-bond donors (Lipinski definition) is 2. The molecular weight excluding hydrogens is 380 g/mol. The van der Waals surface area contributed by atoms with Crippen LogP contribution in [0.4, 0.5) is 5.82 Å². The van der Waals surface area contributed by atoms with E-state index in [0.717, 1.165) is 10.8 Å². The highest BCUT2D eigenvalue weighted by Gasteiger charge is 2.51. The van der Waals surface area contributed by atoms with Gasteiger partial charge >= 0.3 is 0 Å². The normalized spacial score (nSPS) is 25.3. The van der Waals surface area contributed by atoms with E-state index in [9.17, 15) is 20.2 Å². The fourth-order valence-electron chi connectivity index (χ4n) is 2.97. The highest BCUT2D eigenvalue weighted by Crippen LogP contribution is 2.30. The van der Waals surface area contributed by atoms with Crippen LogP contribution in [0.1, 0.15) is 0 Å². The molecule has 2 aliphatic rings. The fraction of sp³-hybridized carbons (Fsp3) is 0.429. The van der Waals surface area contributed by atoms with Crippen LogP contribution in [0.5, 0.6) is 0 Å². The van der Waals surface area contributed by atoms with Gasteiger partial charge in [0.25, 0.3) is 10.2 Å². The van der Waals surface area contributed by atoms with Crippen molar-refractivity contribution in [1.29, 1.82) is 0 Å². The standard InChI is InChI=1S/C8H8N4.C6H8N2O8/c9-11-8-7-4-2-1-3-6(7)5-10-12-8;9-7(10)15-3-1-13-6-4(16-8(11)12)2-14-5(3)6/h1-5H,9H2,(H,11,12);3-6H,1-2H2/t;3-,4+,5-,6-/m.1/s1. The second-order valence-corrected chi connectivity index (χ2v) is 5.76. The number of benzene rings is 1. The number of rotatable bonds is 5. The Morgan fingerprint density at radius 1 is 1.07 bits per heavy atom. The average Bonchev–Trinajstić information content (AvgIpc) is 3.25. The van der Waals surface area contributed by atoms with E-state index in [4.69, 9.17) is 15.3 Å². The molecule has 14 heteroatoms. The molecule has 0 aliphatic carbocycles. The fourth-order valence-corrected chi connectivity index (χ4v) is 2.97. The molecule has 3 heterocycles. The van der Waals surface area contributed by atoms with Crippen LogP contribution in [0.25, 0.3) is 10.8 Å². The lowest BCUT2D eigenvalue weighted by Gasteiger charge is -2.13. The van der Waals surface area contributed by atoms with Gasteiger partial charge in [-0.1, -0.05) is 24.3 Å². The van der Waals surface area contributed by atoms with Crippen molar-refractivity contribution in [2.75, 3.05) is 18.6 Å². The Morgan fingerprint density at radius 2 is 1.64 bits per heavy atom. The SMILES string of the molecule is NNc1nncc2ccccc12.O=[N+]([O-])O[C@H]1CO[C@H]2[C@@H]1OC[C@H]2O[N+](=O)[O-]. The zero-order valence-electron chi connectivity index (χ0n) is 14.2. The first-order valence-corrected chi connectivity index (χ1v) is 8.02. The third-order valence-electron chi connectivity index (χ3n) is 4.11. The van der Waals surface area contributed by atoms with Crippen LogP contribution in [0, 0.1) is 20.2 Å². The second-order valence-electron chi connectivity index (χ2n) is 5.76. The number of hydrogen-bond acceptors (Lipinski definition) is 12. The minimum Gasteiger partial charge on any atom is -0.371 e. The maximum absolute atomic E-state index is 10.1. The number of nitrogens with one attached hydrogen (secondary N) is 1. The molecule has 0 bridgehead atoms. The highest BCUT2D eigenvalue weighted by molar-refractivity contribution is 5.90. The summed E-state index contributed by atoms with van der Waals surface area (Å²) in [5.74, 6) is 5.87. The maximum Gasteiger partial charge on any atom is 0.294 e. The van der Waals surface area contributed by atoms with Gasteiger partial charge in [-0.25, -0.2) is 5.84 Å². The minimum atomic E-state index is -0.943. The molecule has 0 unspecified atom stereocenters. The van der Waals surface area contributed by atoms with Gasteiger partial charge in [-0.2, -0.15) is 5.10 Å². The summed E-state index contributed by atoms with van der Waals surface area (Å²) in [5, 5.41) is 28.0. The van der Waals surface area contributed by atoms with Crippen molar-refractivity contribution in [3.05, 3.63) is 50.7 Å². The number of nitrogens with zero attached hydrogens (tertiary/aromatic N) is 4. The van der Waals surface area contributed by atoms with Gasteiger partial charge in [0.2, 0.25) is 0 Å². The maximum atomic E-state index is 10.1. The highest BCUT2D eigenvalue weighted by atomic mass is 17.0. The zero-order chi connectivity index (χ0) is 20.1. The molecule has 0 radical (unpaired) electrons. The molecule has 28 heavy (non-hydrogen) atoms. The molecule has 0 spiro atoms. The molecule has 14 nitrogen and oxygen atoms in total. The van der Waals surface area contributed by atoms with Crippen molar-refractivity contribution in [3.8, 4) is 0 Å². The van der Waals surface area contributed by atoms with Crippen LogP contribution in [0.3, 0.4) is 0 Å².